The summed E-state index contributed by atoms with van der Waals surface area (Å²) in [6, 6.07) is 17.6. The van der Waals surface area contributed by atoms with Crippen LogP contribution in [0.3, 0.4) is 0 Å². The minimum Gasteiger partial charge on any atom is -0.462 e. The van der Waals surface area contributed by atoms with Crippen LogP contribution in [-0.4, -0.2) is 40.8 Å². The van der Waals surface area contributed by atoms with E-state index < -0.39 is 0 Å². The van der Waals surface area contributed by atoms with E-state index >= 15 is 0 Å². The second-order valence-electron chi connectivity index (χ2n) is 5.40. The summed E-state index contributed by atoms with van der Waals surface area (Å²) in [6.07, 6.45) is 0. The number of carbonyl (C=O) groups excluding carboxylic acids is 1. The van der Waals surface area contributed by atoms with Crippen molar-refractivity contribution in [2.45, 2.75) is 6.92 Å². The zero-order valence-corrected chi connectivity index (χ0v) is 14.6. The summed E-state index contributed by atoms with van der Waals surface area (Å²) >= 11 is 0. The molecule has 0 N–H and O–H groups in total. The molecule has 124 valence electrons. The first-order chi connectivity index (χ1) is 11.0. The highest BCUT2D eigenvalue weighted by molar-refractivity contribution is 5.90. The number of rotatable bonds is 4. The van der Waals surface area contributed by atoms with Crippen LogP contribution < -0.4 is 9.80 Å². The molecule has 0 aliphatic rings. The van der Waals surface area contributed by atoms with Crippen LogP contribution in [0.1, 0.15) is 17.3 Å². The standard InChI is InChI=1S/C11H15NO2.C8H11N/c1-4-14-11(13)9-6-5-7-10(8-9)12(2)3;1-9(2)8-6-4-3-5-7-8/h5-8H,4H2,1-3H3;3-7H,1-2H3. The summed E-state index contributed by atoms with van der Waals surface area (Å²) in [5, 5.41) is 0. The third kappa shape index (κ3) is 6.43. The molecule has 0 aliphatic heterocycles. The van der Waals surface area contributed by atoms with E-state index in [-0.39, 0.29) is 5.97 Å². The maximum atomic E-state index is 11.4. The number of nitrogens with zero attached hydrogens (tertiary/aromatic N) is 2. The molecular weight excluding hydrogens is 288 g/mol. The number of ether oxygens (including phenoxy) is 1. The highest BCUT2D eigenvalue weighted by Gasteiger charge is 2.06. The van der Waals surface area contributed by atoms with Crippen LogP contribution in [0.25, 0.3) is 0 Å². The monoisotopic (exact) mass is 314 g/mol. The Kier molecular flexibility index (Phi) is 7.67. The molecule has 0 spiro atoms. The number of hydrogen-bond donors (Lipinski definition) is 0. The first-order valence-electron chi connectivity index (χ1n) is 7.62. The predicted molar refractivity (Wildman–Crippen MR) is 97.5 cm³/mol. The number of para-hydroxylation sites is 1. The van der Waals surface area contributed by atoms with E-state index in [4.69, 9.17) is 4.74 Å². The van der Waals surface area contributed by atoms with E-state index in [1.54, 1.807) is 13.0 Å². The fourth-order valence-corrected chi connectivity index (χ4v) is 1.85. The van der Waals surface area contributed by atoms with Crippen molar-refractivity contribution in [2.24, 2.45) is 0 Å². The normalized spacial score (nSPS) is 9.43. The fraction of sp³-hybridized carbons (Fsp3) is 0.316. The highest BCUT2D eigenvalue weighted by Crippen LogP contribution is 2.14. The molecule has 4 nitrogen and oxygen atoms in total. The van der Waals surface area contributed by atoms with Gasteiger partial charge in [-0.1, -0.05) is 24.3 Å². The van der Waals surface area contributed by atoms with Crippen LogP contribution in [0.4, 0.5) is 11.4 Å². The SMILES string of the molecule is CCOC(=O)c1cccc(N(C)C)c1.CN(C)c1ccccc1. The Labute approximate surface area is 139 Å². The lowest BCUT2D eigenvalue weighted by molar-refractivity contribution is 0.0526. The van der Waals surface area contributed by atoms with E-state index in [1.165, 1.54) is 5.69 Å². The van der Waals surface area contributed by atoms with Gasteiger partial charge >= 0.3 is 5.97 Å². The molecule has 0 aliphatic carbocycles. The first-order valence-corrected chi connectivity index (χ1v) is 7.62. The van der Waals surface area contributed by atoms with E-state index in [1.807, 2.05) is 69.5 Å². The van der Waals surface area contributed by atoms with Crippen LogP contribution in [0, 0.1) is 0 Å². The number of benzene rings is 2. The zero-order valence-electron chi connectivity index (χ0n) is 14.6. The number of carbonyl (C=O) groups is 1. The van der Waals surface area contributed by atoms with Gasteiger partial charge in [0.15, 0.2) is 0 Å². The number of esters is 1. The zero-order chi connectivity index (χ0) is 17.2. The molecule has 0 bridgehead atoms. The van der Waals surface area contributed by atoms with Crippen molar-refractivity contribution in [3.8, 4) is 0 Å². The largest absolute Gasteiger partial charge is 0.462 e. The van der Waals surface area contributed by atoms with Gasteiger partial charge in [0.2, 0.25) is 0 Å². The van der Waals surface area contributed by atoms with Gasteiger partial charge < -0.3 is 14.5 Å². The van der Waals surface area contributed by atoms with Crippen molar-refractivity contribution >= 4 is 17.3 Å². The van der Waals surface area contributed by atoms with Crippen LogP contribution in [-0.2, 0) is 4.74 Å². The smallest absolute Gasteiger partial charge is 0.338 e. The molecule has 0 saturated carbocycles. The molecular formula is C19H26N2O2. The maximum Gasteiger partial charge on any atom is 0.338 e. The van der Waals surface area contributed by atoms with Crippen LogP contribution in [0.15, 0.2) is 54.6 Å². The summed E-state index contributed by atoms with van der Waals surface area (Å²) < 4.78 is 4.91. The van der Waals surface area contributed by atoms with Crippen LogP contribution in [0.5, 0.6) is 0 Å². The summed E-state index contributed by atoms with van der Waals surface area (Å²) in [4.78, 5) is 15.4. The van der Waals surface area contributed by atoms with Gasteiger partial charge in [-0.2, -0.15) is 0 Å². The Morgan fingerprint density at radius 1 is 0.870 bits per heavy atom. The Morgan fingerprint density at radius 3 is 1.91 bits per heavy atom. The highest BCUT2D eigenvalue weighted by atomic mass is 16.5. The summed E-state index contributed by atoms with van der Waals surface area (Å²) in [7, 11) is 7.94. The third-order valence-corrected chi connectivity index (χ3v) is 3.15. The molecule has 0 amide bonds. The van der Waals surface area contributed by atoms with Crippen LogP contribution in [0.2, 0.25) is 0 Å². The topological polar surface area (TPSA) is 32.8 Å². The Morgan fingerprint density at radius 2 is 1.43 bits per heavy atom. The van der Waals surface area contributed by atoms with Gasteiger partial charge in [0.25, 0.3) is 0 Å². The van der Waals surface area contributed by atoms with Crippen LogP contribution >= 0.6 is 0 Å². The molecule has 0 aromatic heterocycles. The molecule has 0 heterocycles. The van der Waals surface area contributed by atoms with Gasteiger partial charge in [-0.15, -0.1) is 0 Å². The van der Waals surface area contributed by atoms with Gasteiger partial charge in [-0.25, -0.2) is 4.79 Å². The molecule has 0 fully saturated rings. The second kappa shape index (κ2) is 9.51. The van der Waals surface area contributed by atoms with Crippen molar-refractivity contribution in [1.82, 2.24) is 0 Å². The van der Waals surface area contributed by atoms with E-state index in [0.717, 1.165) is 5.69 Å². The van der Waals surface area contributed by atoms with Gasteiger partial charge in [-0.05, 0) is 37.3 Å². The summed E-state index contributed by atoms with van der Waals surface area (Å²) in [5.74, 6) is -0.267. The third-order valence-electron chi connectivity index (χ3n) is 3.15. The molecule has 0 atom stereocenters. The van der Waals surface area contributed by atoms with Gasteiger partial charge in [0.05, 0.1) is 12.2 Å². The molecule has 0 radical (unpaired) electrons. The number of anilines is 2. The van der Waals surface area contributed by atoms with Crippen molar-refractivity contribution < 1.29 is 9.53 Å². The maximum absolute atomic E-state index is 11.4. The molecule has 2 rings (SSSR count). The van der Waals surface area contributed by atoms with Crippen molar-refractivity contribution in [1.29, 1.82) is 0 Å². The average Bonchev–Trinajstić information content (AvgIpc) is 2.56. The van der Waals surface area contributed by atoms with Gasteiger partial charge in [-0.3, -0.25) is 0 Å². The van der Waals surface area contributed by atoms with Gasteiger partial charge in [0, 0.05) is 39.6 Å². The molecule has 0 saturated heterocycles. The summed E-state index contributed by atoms with van der Waals surface area (Å²) in [5.41, 5.74) is 2.84. The number of hydrogen-bond acceptors (Lipinski definition) is 4. The minimum absolute atomic E-state index is 0.267. The van der Waals surface area contributed by atoms with Crippen molar-refractivity contribution in [2.75, 3.05) is 44.6 Å². The Balaban J connectivity index is 0.000000253. The van der Waals surface area contributed by atoms with E-state index in [2.05, 4.69) is 17.0 Å². The van der Waals surface area contributed by atoms with E-state index in [9.17, 15) is 4.79 Å². The second-order valence-corrected chi connectivity index (χ2v) is 5.40. The average molecular weight is 314 g/mol. The quantitative estimate of drug-likeness (QED) is 0.806. The lowest BCUT2D eigenvalue weighted by Gasteiger charge is -2.12. The lowest BCUT2D eigenvalue weighted by Crippen LogP contribution is -2.10. The van der Waals surface area contributed by atoms with Gasteiger partial charge in [0.1, 0.15) is 0 Å². The molecule has 4 heteroatoms. The molecule has 23 heavy (non-hydrogen) atoms. The van der Waals surface area contributed by atoms with Crippen molar-refractivity contribution in [3.05, 3.63) is 60.2 Å². The minimum atomic E-state index is -0.267. The fourth-order valence-electron chi connectivity index (χ4n) is 1.85. The van der Waals surface area contributed by atoms with E-state index in [0.29, 0.717) is 12.2 Å². The Bertz CT molecular complexity index is 595. The molecule has 2 aromatic rings. The Hall–Kier alpha value is -2.49. The molecule has 0 unspecified atom stereocenters. The van der Waals surface area contributed by atoms with Crippen molar-refractivity contribution in [3.63, 3.8) is 0 Å². The molecule has 2 aromatic carbocycles. The first kappa shape index (κ1) is 18.6. The predicted octanol–water partition coefficient (Wildman–Crippen LogP) is 3.68. The summed E-state index contributed by atoms with van der Waals surface area (Å²) in [6.45, 7) is 2.21. The lowest BCUT2D eigenvalue weighted by atomic mass is 10.2.